The van der Waals surface area contributed by atoms with Crippen LogP contribution in [0.3, 0.4) is 0 Å². The first-order chi connectivity index (χ1) is 6.86. The summed E-state index contributed by atoms with van der Waals surface area (Å²) in [4.78, 5) is 20.1. The van der Waals surface area contributed by atoms with Crippen molar-refractivity contribution in [1.82, 2.24) is 19.6 Å². The maximum atomic E-state index is 11.8. The van der Waals surface area contributed by atoms with Crippen LogP contribution in [0.2, 0.25) is 0 Å². The Balaban J connectivity index is 2.70. The summed E-state index contributed by atoms with van der Waals surface area (Å²) in [6.07, 6.45) is 3.29. The van der Waals surface area contributed by atoms with E-state index < -0.39 is 0 Å². The molecule has 0 fully saturated rings. The third-order valence-corrected chi connectivity index (χ3v) is 2.11. The fraction of sp³-hybridized carbons (Fsp3) is 0. The van der Waals surface area contributed by atoms with Crippen molar-refractivity contribution in [3.8, 4) is 0 Å². The number of H-pyrrole nitrogens is 1. The number of rotatable bonds is 0. The molecule has 1 N–H and O–H groups in total. The fourth-order valence-corrected chi connectivity index (χ4v) is 1.46. The molecule has 3 heterocycles. The van der Waals surface area contributed by atoms with Crippen molar-refractivity contribution in [3.05, 3.63) is 40.9 Å². The number of aromatic nitrogens is 4. The molecule has 14 heavy (non-hydrogen) atoms. The number of hydrogen-bond donors (Lipinski definition) is 1. The lowest BCUT2D eigenvalue weighted by Crippen LogP contribution is -2.15. The molecule has 0 radical (unpaired) electrons. The summed E-state index contributed by atoms with van der Waals surface area (Å²) < 4.78 is 1.39. The minimum atomic E-state index is -0.122. The van der Waals surface area contributed by atoms with Gasteiger partial charge in [-0.05, 0) is 12.1 Å². The van der Waals surface area contributed by atoms with E-state index in [0.717, 1.165) is 0 Å². The molecule has 0 bridgehead atoms. The summed E-state index contributed by atoms with van der Waals surface area (Å²) in [6.45, 7) is 0. The monoisotopic (exact) mass is 186 g/mol. The summed E-state index contributed by atoms with van der Waals surface area (Å²) >= 11 is 0. The Kier molecular flexibility index (Phi) is 1.25. The van der Waals surface area contributed by atoms with Gasteiger partial charge < -0.3 is 0 Å². The number of hydrogen-bond acceptors (Lipinski definition) is 3. The molecular weight excluding hydrogens is 180 g/mol. The fourth-order valence-electron chi connectivity index (χ4n) is 1.46. The largest absolute Gasteiger partial charge is 0.297 e. The number of pyridine rings is 1. The van der Waals surface area contributed by atoms with Gasteiger partial charge in [0, 0.05) is 18.5 Å². The molecule has 0 spiro atoms. The molecule has 3 aromatic rings. The Morgan fingerprint density at radius 3 is 3.21 bits per heavy atom. The van der Waals surface area contributed by atoms with Crippen molar-refractivity contribution in [2.75, 3.05) is 0 Å². The van der Waals surface area contributed by atoms with Gasteiger partial charge in [0.1, 0.15) is 0 Å². The van der Waals surface area contributed by atoms with E-state index in [2.05, 4.69) is 15.1 Å². The highest BCUT2D eigenvalue weighted by atomic mass is 16.1. The molecule has 5 nitrogen and oxygen atoms in total. The first-order valence-corrected chi connectivity index (χ1v) is 4.17. The zero-order chi connectivity index (χ0) is 9.54. The van der Waals surface area contributed by atoms with Gasteiger partial charge >= 0.3 is 0 Å². The van der Waals surface area contributed by atoms with E-state index >= 15 is 0 Å². The van der Waals surface area contributed by atoms with Gasteiger partial charge in [0.25, 0.3) is 5.56 Å². The zero-order valence-corrected chi connectivity index (χ0v) is 7.14. The Bertz CT molecular complexity index is 667. The van der Waals surface area contributed by atoms with E-state index in [1.165, 1.54) is 4.52 Å². The van der Waals surface area contributed by atoms with E-state index in [4.69, 9.17) is 0 Å². The summed E-state index contributed by atoms with van der Waals surface area (Å²) in [5.74, 6) is 0. The van der Waals surface area contributed by atoms with Crippen LogP contribution in [0.5, 0.6) is 0 Å². The van der Waals surface area contributed by atoms with Crippen LogP contribution in [-0.2, 0) is 0 Å². The van der Waals surface area contributed by atoms with Crippen LogP contribution in [-0.4, -0.2) is 19.6 Å². The lowest BCUT2D eigenvalue weighted by Gasteiger charge is -1.96. The molecule has 0 aromatic carbocycles. The predicted molar refractivity (Wildman–Crippen MR) is 51.1 cm³/mol. The Morgan fingerprint density at radius 2 is 2.29 bits per heavy atom. The molecule has 0 aliphatic carbocycles. The van der Waals surface area contributed by atoms with Gasteiger partial charge in [-0.2, -0.15) is 0 Å². The summed E-state index contributed by atoms with van der Waals surface area (Å²) in [5.41, 5.74) is 0.946. The summed E-state index contributed by atoms with van der Waals surface area (Å²) in [6, 6.07) is 5.17. The van der Waals surface area contributed by atoms with Crippen molar-refractivity contribution in [3.63, 3.8) is 0 Å². The highest BCUT2D eigenvalue weighted by Crippen LogP contribution is 2.04. The van der Waals surface area contributed by atoms with Gasteiger partial charge in [-0.15, -0.1) is 0 Å². The van der Waals surface area contributed by atoms with Crippen LogP contribution >= 0.6 is 0 Å². The summed E-state index contributed by atoms with van der Waals surface area (Å²) in [5, 5.41) is 3.31. The van der Waals surface area contributed by atoms with E-state index in [0.29, 0.717) is 16.7 Å². The van der Waals surface area contributed by atoms with E-state index in [1.54, 1.807) is 30.6 Å². The number of fused-ring (bicyclic) bond motifs is 2. The van der Waals surface area contributed by atoms with E-state index in [-0.39, 0.29) is 5.56 Å². The van der Waals surface area contributed by atoms with Gasteiger partial charge in [0.15, 0.2) is 11.3 Å². The Hall–Kier alpha value is -2.17. The average molecular weight is 186 g/mol. The van der Waals surface area contributed by atoms with Crippen LogP contribution < -0.4 is 5.56 Å². The topological polar surface area (TPSA) is 63.0 Å². The van der Waals surface area contributed by atoms with Crippen molar-refractivity contribution in [2.45, 2.75) is 0 Å². The molecule has 3 rings (SSSR count). The molecule has 3 aromatic heterocycles. The standard InChI is InChI=1S/C9H6N4O/c14-9-6-2-1-4-10-8(6)12-7-3-5-11-13(7)9/h1-5,11H. The van der Waals surface area contributed by atoms with Crippen LogP contribution in [0.15, 0.2) is 35.4 Å². The maximum Gasteiger partial charge on any atom is 0.282 e. The van der Waals surface area contributed by atoms with Gasteiger partial charge in [0.05, 0.1) is 5.39 Å². The minimum Gasteiger partial charge on any atom is -0.297 e. The molecule has 0 aliphatic rings. The van der Waals surface area contributed by atoms with Crippen LogP contribution in [0.1, 0.15) is 0 Å². The third kappa shape index (κ3) is 0.806. The average Bonchev–Trinajstić information content (AvgIpc) is 2.66. The van der Waals surface area contributed by atoms with Crippen LogP contribution in [0, 0.1) is 0 Å². The van der Waals surface area contributed by atoms with Crippen molar-refractivity contribution >= 4 is 16.7 Å². The highest BCUT2D eigenvalue weighted by Gasteiger charge is 2.04. The predicted octanol–water partition coefficient (Wildman–Crippen LogP) is 0.571. The number of nitrogens with one attached hydrogen (secondary N) is 1. The molecule has 0 aliphatic heterocycles. The second kappa shape index (κ2) is 2.41. The van der Waals surface area contributed by atoms with Crippen LogP contribution in [0.25, 0.3) is 16.7 Å². The first kappa shape index (κ1) is 7.25. The Labute approximate surface area is 78.0 Å². The van der Waals surface area contributed by atoms with E-state index in [1.807, 2.05) is 0 Å². The second-order valence-electron chi connectivity index (χ2n) is 2.95. The lowest BCUT2D eigenvalue weighted by molar-refractivity contribution is 0.913. The Morgan fingerprint density at radius 1 is 1.36 bits per heavy atom. The molecular formula is C9H6N4O. The van der Waals surface area contributed by atoms with Gasteiger partial charge in [-0.3, -0.25) is 9.89 Å². The first-order valence-electron chi connectivity index (χ1n) is 4.17. The molecule has 5 heteroatoms. The van der Waals surface area contributed by atoms with E-state index in [9.17, 15) is 4.79 Å². The lowest BCUT2D eigenvalue weighted by atomic mass is 10.3. The quantitative estimate of drug-likeness (QED) is 0.558. The molecule has 68 valence electrons. The summed E-state index contributed by atoms with van der Waals surface area (Å²) in [7, 11) is 0. The molecule has 0 atom stereocenters. The zero-order valence-electron chi connectivity index (χ0n) is 7.14. The van der Waals surface area contributed by atoms with Gasteiger partial charge in [0.2, 0.25) is 0 Å². The SMILES string of the molecule is O=c1c2cccnc2nc2cc[nH]n12. The van der Waals surface area contributed by atoms with Crippen molar-refractivity contribution in [2.24, 2.45) is 0 Å². The maximum absolute atomic E-state index is 11.8. The minimum absolute atomic E-state index is 0.122. The number of aromatic amines is 1. The third-order valence-electron chi connectivity index (χ3n) is 2.11. The van der Waals surface area contributed by atoms with Crippen LogP contribution in [0.4, 0.5) is 0 Å². The van der Waals surface area contributed by atoms with Crippen molar-refractivity contribution in [1.29, 1.82) is 0 Å². The van der Waals surface area contributed by atoms with Crippen molar-refractivity contribution < 1.29 is 0 Å². The second-order valence-corrected chi connectivity index (χ2v) is 2.95. The molecule has 0 amide bonds. The van der Waals surface area contributed by atoms with Gasteiger partial charge in [-0.25, -0.2) is 14.5 Å². The number of nitrogens with zero attached hydrogens (tertiary/aromatic N) is 3. The van der Waals surface area contributed by atoms with Gasteiger partial charge in [-0.1, -0.05) is 0 Å². The molecule has 0 saturated carbocycles. The molecule has 0 unspecified atom stereocenters. The normalized spacial score (nSPS) is 11.1. The smallest absolute Gasteiger partial charge is 0.282 e. The molecule has 0 saturated heterocycles. The highest BCUT2D eigenvalue weighted by molar-refractivity contribution is 5.75.